The molecule has 2 aromatic rings. The molecule has 0 bridgehead atoms. The first-order valence-corrected chi connectivity index (χ1v) is 7.99. The number of nitrogens with two attached hydrogens (primary N) is 1. The van der Waals surface area contributed by atoms with Gasteiger partial charge in [0.2, 0.25) is 0 Å². The lowest BCUT2D eigenvalue weighted by Crippen LogP contribution is -2.18. The maximum absolute atomic E-state index is 12.2. The minimum Gasteiger partial charge on any atom is -0.396 e. The van der Waals surface area contributed by atoms with Crippen LogP contribution in [0, 0.1) is 6.92 Å². The molecule has 0 unspecified atom stereocenters. The number of carbonyl (C=O) groups excluding carboxylic acids is 1. The SMILES string of the molecule is Cc1ccc(S(C)(=O)=O)cc1NC(=O)c1c(N)cnn1C. The topological polar surface area (TPSA) is 107 Å². The molecule has 0 radical (unpaired) electrons. The maximum Gasteiger partial charge on any atom is 0.276 e. The van der Waals surface area contributed by atoms with Gasteiger partial charge in [-0.15, -0.1) is 0 Å². The van der Waals surface area contributed by atoms with Crippen molar-refractivity contribution in [2.45, 2.75) is 11.8 Å². The van der Waals surface area contributed by atoms with Crippen LogP contribution in [0.5, 0.6) is 0 Å². The van der Waals surface area contributed by atoms with Crippen molar-refractivity contribution in [3.05, 3.63) is 35.7 Å². The first-order valence-electron chi connectivity index (χ1n) is 6.09. The van der Waals surface area contributed by atoms with Gasteiger partial charge in [-0.25, -0.2) is 8.42 Å². The minimum absolute atomic E-state index is 0.140. The second-order valence-electron chi connectivity index (χ2n) is 4.78. The van der Waals surface area contributed by atoms with Crippen LogP contribution in [-0.4, -0.2) is 30.4 Å². The number of sulfone groups is 1. The summed E-state index contributed by atoms with van der Waals surface area (Å²) in [6.45, 7) is 1.77. The van der Waals surface area contributed by atoms with Gasteiger partial charge in [-0.1, -0.05) is 6.07 Å². The predicted molar refractivity (Wildman–Crippen MR) is 79.9 cm³/mol. The molecular weight excluding hydrogens is 292 g/mol. The van der Waals surface area contributed by atoms with Crippen LogP contribution in [0.15, 0.2) is 29.3 Å². The highest BCUT2D eigenvalue weighted by molar-refractivity contribution is 7.90. The molecule has 0 aliphatic rings. The number of nitrogens with zero attached hydrogens (tertiary/aromatic N) is 2. The molecule has 1 aromatic heterocycles. The van der Waals surface area contributed by atoms with E-state index in [4.69, 9.17) is 5.73 Å². The number of benzene rings is 1. The summed E-state index contributed by atoms with van der Waals surface area (Å²) < 4.78 is 24.5. The van der Waals surface area contributed by atoms with Crippen molar-refractivity contribution in [3.8, 4) is 0 Å². The number of aromatic nitrogens is 2. The molecule has 8 heteroatoms. The summed E-state index contributed by atoms with van der Waals surface area (Å²) >= 11 is 0. The largest absolute Gasteiger partial charge is 0.396 e. The van der Waals surface area contributed by atoms with Gasteiger partial charge in [0.15, 0.2) is 9.84 Å². The van der Waals surface area contributed by atoms with Gasteiger partial charge in [0, 0.05) is 19.0 Å². The molecule has 0 aliphatic carbocycles. The summed E-state index contributed by atoms with van der Waals surface area (Å²) in [4.78, 5) is 12.4. The molecule has 3 N–H and O–H groups in total. The number of rotatable bonds is 3. The molecule has 0 spiro atoms. The van der Waals surface area contributed by atoms with Gasteiger partial charge in [0.25, 0.3) is 5.91 Å². The first-order chi connectivity index (χ1) is 9.70. The number of carbonyl (C=O) groups is 1. The zero-order valence-corrected chi connectivity index (χ0v) is 12.7. The third-order valence-electron chi connectivity index (χ3n) is 3.07. The van der Waals surface area contributed by atoms with E-state index < -0.39 is 15.7 Å². The molecule has 7 nitrogen and oxygen atoms in total. The Morgan fingerprint density at radius 3 is 2.57 bits per heavy atom. The molecule has 0 aliphatic heterocycles. The number of nitrogens with one attached hydrogen (secondary N) is 1. The zero-order valence-electron chi connectivity index (χ0n) is 11.9. The van der Waals surface area contributed by atoms with E-state index in [2.05, 4.69) is 10.4 Å². The summed E-state index contributed by atoms with van der Waals surface area (Å²) in [6, 6.07) is 4.56. The monoisotopic (exact) mass is 308 g/mol. The Morgan fingerprint density at radius 1 is 1.38 bits per heavy atom. The van der Waals surface area contributed by atoms with E-state index in [-0.39, 0.29) is 16.3 Å². The van der Waals surface area contributed by atoms with Gasteiger partial charge in [0.1, 0.15) is 5.69 Å². The lowest BCUT2D eigenvalue weighted by Gasteiger charge is -2.10. The quantitative estimate of drug-likeness (QED) is 0.878. The Morgan fingerprint density at radius 2 is 2.05 bits per heavy atom. The Bertz CT molecular complexity index is 789. The summed E-state index contributed by atoms with van der Waals surface area (Å²) in [5.74, 6) is -0.443. The van der Waals surface area contributed by atoms with Gasteiger partial charge in [-0.05, 0) is 24.6 Å². The standard InChI is InChI=1S/C13H16N4O3S/c1-8-4-5-9(21(3,19)20)6-11(8)16-13(18)12-10(14)7-15-17(12)2/h4-7H,14H2,1-3H3,(H,16,18). The Kier molecular flexibility index (Phi) is 3.73. The van der Waals surface area contributed by atoms with Crippen LogP contribution in [0.4, 0.5) is 11.4 Å². The fourth-order valence-electron chi connectivity index (χ4n) is 1.88. The van der Waals surface area contributed by atoms with Gasteiger partial charge in [0.05, 0.1) is 16.8 Å². The molecule has 1 heterocycles. The van der Waals surface area contributed by atoms with Crippen LogP contribution < -0.4 is 11.1 Å². The second-order valence-corrected chi connectivity index (χ2v) is 6.79. The van der Waals surface area contributed by atoms with Crippen molar-refractivity contribution in [2.24, 2.45) is 7.05 Å². The van der Waals surface area contributed by atoms with Crippen LogP contribution in [0.25, 0.3) is 0 Å². The normalized spacial score (nSPS) is 11.4. The number of anilines is 2. The third-order valence-corrected chi connectivity index (χ3v) is 4.18. The van der Waals surface area contributed by atoms with Crippen molar-refractivity contribution in [2.75, 3.05) is 17.3 Å². The number of aryl methyl sites for hydroxylation is 2. The van der Waals surface area contributed by atoms with E-state index in [1.807, 2.05) is 0 Å². The van der Waals surface area contributed by atoms with Crippen LogP contribution in [0.1, 0.15) is 16.1 Å². The molecule has 0 fully saturated rings. The summed E-state index contributed by atoms with van der Waals surface area (Å²) in [6.07, 6.45) is 2.50. The van der Waals surface area contributed by atoms with Crippen LogP contribution in [0.2, 0.25) is 0 Å². The predicted octanol–water partition coefficient (Wildman–Crippen LogP) is 0.967. The molecule has 1 amide bonds. The van der Waals surface area contributed by atoms with Gasteiger partial charge >= 0.3 is 0 Å². The smallest absolute Gasteiger partial charge is 0.276 e. The maximum atomic E-state index is 12.2. The van der Waals surface area contributed by atoms with Gasteiger partial charge < -0.3 is 11.1 Å². The Labute approximate surface area is 122 Å². The molecule has 112 valence electrons. The van der Waals surface area contributed by atoms with Crippen LogP contribution in [-0.2, 0) is 16.9 Å². The molecule has 0 saturated heterocycles. The molecule has 0 saturated carbocycles. The average Bonchev–Trinajstić information content (AvgIpc) is 2.70. The number of hydrogen-bond donors (Lipinski definition) is 2. The lowest BCUT2D eigenvalue weighted by atomic mass is 10.2. The van der Waals surface area contributed by atoms with Crippen LogP contribution in [0.3, 0.4) is 0 Å². The molecular formula is C13H16N4O3S. The van der Waals surface area contributed by atoms with E-state index in [0.29, 0.717) is 5.69 Å². The molecule has 1 aromatic carbocycles. The number of hydrogen-bond acceptors (Lipinski definition) is 5. The zero-order chi connectivity index (χ0) is 15.8. The minimum atomic E-state index is -3.34. The van der Waals surface area contributed by atoms with E-state index in [1.165, 1.54) is 23.0 Å². The second kappa shape index (κ2) is 5.21. The van der Waals surface area contributed by atoms with Crippen molar-refractivity contribution >= 4 is 27.1 Å². The average molecular weight is 308 g/mol. The van der Waals surface area contributed by atoms with Crippen molar-refractivity contribution in [3.63, 3.8) is 0 Å². The molecule has 21 heavy (non-hydrogen) atoms. The lowest BCUT2D eigenvalue weighted by molar-refractivity contribution is 0.101. The summed E-state index contributed by atoms with van der Waals surface area (Å²) in [5.41, 5.74) is 7.34. The number of amides is 1. The van der Waals surface area contributed by atoms with E-state index in [9.17, 15) is 13.2 Å². The van der Waals surface area contributed by atoms with Crippen molar-refractivity contribution < 1.29 is 13.2 Å². The molecule has 0 atom stereocenters. The fraction of sp³-hybridized carbons (Fsp3) is 0.231. The van der Waals surface area contributed by atoms with Crippen molar-refractivity contribution in [1.82, 2.24) is 9.78 Å². The summed E-state index contributed by atoms with van der Waals surface area (Å²) in [5, 5.41) is 6.56. The summed E-state index contributed by atoms with van der Waals surface area (Å²) in [7, 11) is -1.74. The fourth-order valence-corrected chi connectivity index (χ4v) is 2.53. The van der Waals surface area contributed by atoms with Gasteiger partial charge in [-0.3, -0.25) is 9.48 Å². The van der Waals surface area contributed by atoms with E-state index in [1.54, 1.807) is 20.0 Å². The van der Waals surface area contributed by atoms with Crippen molar-refractivity contribution in [1.29, 1.82) is 0 Å². The van der Waals surface area contributed by atoms with Gasteiger partial charge in [-0.2, -0.15) is 5.10 Å². The van der Waals surface area contributed by atoms with E-state index >= 15 is 0 Å². The highest BCUT2D eigenvalue weighted by Crippen LogP contribution is 2.21. The van der Waals surface area contributed by atoms with Crippen LogP contribution >= 0.6 is 0 Å². The highest BCUT2D eigenvalue weighted by Gasteiger charge is 2.17. The van der Waals surface area contributed by atoms with E-state index in [0.717, 1.165) is 11.8 Å². The third kappa shape index (κ3) is 3.05. The number of nitrogen functional groups attached to an aromatic ring is 1. The first kappa shape index (κ1) is 15.0. The Balaban J connectivity index is 2.38. The Hall–Kier alpha value is -2.35. The molecule has 2 rings (SSSR count). The highest BCUT2D eigenvalue weighted by atomic mass is 32.2.